The maximum atomic E-state index is 6.01. The van der Waals surface area contributed by atoms with Gasteiger partial charge in [-0.05, 0) is 29.9 Å². The Balaban J connectivity index is 1.97. The van der Waals surface area contributed by atoms with Crippen LogP contribution in [0.3, 0.4) is 0 Å². The number of benzene rings is 2. The molecule has 4 atom stereocenters. The third-order valence-electron chi connectivity index (χ3n) is 5.56. The average molecular weight is 350 g/mol. The van der Waals surface area contributed by atoms with Gasteiger partial charge in [0.05, 0.1) is 17.1 Å². The molecule has 0 N–H and O–H groups in total. The van der Waals surface area contributed by atoms with Crippen LogP contribution in [0.4, 0.5) is 0 Å². The second kappa shape index (κ2) is 7.97. The molecule has 0 aromatic heterocycles. The van der Waals surface area contributed by atoms with E-state index in [1.807, 2.05) is 6.08 Å². The molecule has 0 unspecified atom stereocenters. The zero-order chi connectivity index (χ0) is 17.8. The van der Waals surface area contributed by atoms with Crippen molar-refractivity contribution in [3.05, 3.63) is 84.4 Å². The van der Waals surface area contributed by atoms with Gasteiger partial charge in [0.15, 0.2) is 0 Å². The molecule has 1 aliphatic rings. The van der Waals surface area contributed by atoms with Crippen LogP contribution in [0, 0.1) is 11.8 Å². The summed E-state index contributed by atoms with van der Waals surface area (Å²) >= 11 is 6.01. The molecule has 1 aliphatic heterocycles. The van der Waals surface area contributed by atoms with Crippen LogP contribution in [0.15, 0.2) is 73.3 Å². The number of hydrogen-bond donors (Lipinski definition) is 0. The first-order valence-electron chi connectivity index (χ1n) is 9.18. The summed E-state index contributed by atoms with van der Waals surface area (Å²) in [6, 6.07) is 22.3. The average Bonchev–Trinajstić information content (AvgIpc) is 3.12. The van der Waals surface area contributed by atoms with Crippen molar-refractivity contribution in [1.29, 1.82) is 0 Å². The lowest BCUT2D eigenvalue weighted by Gasteiger charge is -2.37. The van der Waals surface area contributed by atoms with Crippen molar-refractivity contribution >= 4 is 17.2 Å². The third-order valence-corrected chi connectivity index (χ3v) is 6.14. The molecule has 0 radical (unpaired) electrons. The number of hydrogen-bond acceptors (Lipinski definition) is 1. The first-order valence-corrected chi connectivity index (χ1v) is 9.59. The minimum absolute atomic E-state index is 0.308. The Bertz CT molecular complexity index is 662. The maximum Gasteiger partial charge on any atom is 0.0824 e. The van der Waals surface area contributed by atoms with Gasteiger partial charge in [0, 0.05) is 5.92 Å². The first-order chi connectivity index (χ1) is 12.1. The topological polar surface area (TPSA) is 3.24 Å². The molecule has 1 nitrogen and oxygen atoms in total. The number of rotatable bonds is 5. The van der Waals surface area contributed by atoms with E-state index in [2.05, 4.69) is 86.0 Å². The smallest absolute Gasteiger partial charge is 0.0824 e. The van der Waals surface area contributed by atoms with Crippen LogP contribution in [0.25, 0.3) is 0 Å². The number of allylic oxidation sites excluding steroid dienone is 1. The molecule has 0 saturated carbocycles. The van der Waals surface area contributed by atoms with Crippen LogP contribution < -0.4 is 0 Å². The van der Waals surface area contributed by atoms with Crippen molar-refractivity contribution in [3.63, 3.8) is 0 Å². The summed E-state index contributed by atoms with van der Waals surface area (Å²) < 4.78 is 0. The molecule has 1 saturated heterocycles. The fourth-order valence-electron chi connectivity index (χ4n) is 3.79. The molecule has 1 fully saturated rings. The lowest BCUT2D eigenvalue weighted by Crippen LogP contribution is -2.37. The lowest BCUT2D eigenvalue weighted by molar-refractivity contribution is 0.307. The van der Waals surface area contributed by atoms with Crippen molar-refractivity contribution in [1.82, 2.24) is 4.90 Å². The Labute approximate surface area is 157 Å². The van der Waals surface area contributed by atoms with Crippen molar-refractivity contribution in [2.24, 2.45) is 11.8 Å². The SMILES string of the molecule is C=C[C@H](C)[C@@H](C)C(=S)N1[C@@H](c2ccccc2)CC[C@@H]1c1ccccc1. The summed E-state index contributed by atoms with van der Waals surface area (Å²) in [5.74, 6) is 0.684. The van der Waals surface area contributed by atoms with E-state index in [9.17, 15) is 0 Å². The molecule has 0 bridgehead atoms. The normalized spacial score (nSPS) is 22.4. The van der Waals surface area contributed by atoms with Crippen LogP contribution in [-0.2, 0) is 0 Å². The Morgan fingerprint density at radius 3 is 1.80 bits per heavy atom. The molecule has 0 aliphatic carbocycles. The standard InChI is InChI=1S/C23H27NS/c1-4-17(2)18(3)23(25)24-21(19-11-7-5-8-12-19)15-16-22(24)20-13-9-6-10-14-20/h4-14,17-18,21-22H,1,15-16H2,2-3H3/t17-,18+,21+,22+/m0/s1. The molecular weight excluding hydrogens is 322 g/mol. The number of nitrogens with zero attached hydrogens (tertiary/aromatic N) is 1. The van der Waals surface area contributed by atoms with E-state index in [1.165, 1.54) is 11.1 Å². The summed E-state index contributed by atoms with van der Waals surface area (Å²) in [6.45, 7) is 8.40. The van der Waals surface area contributed by atoms with Gasteiger partial charge in [-0.1, -0.05) is 92.8 Å². The lowest BCUT2D eigenvalue weighted by atomic mass is 9.93. The van der Waals surface area contributed by atoms with Gasteiger partial charge in [-0.25, -0.2) is 0 Å². The second-order valence-electron chi connectivity index (χ2n) is 7.06. The van der Waals surface area contributed by atoms with E-state index >= 15 is 0 Å². The van der Waals surface area contributed by atoms with Crippen LogP contribution >= 0.6 is 12.2 Å². The van der Waals surface area contributed by atoms with Crippen molar-refractivity contribution in [2.45, 2.75) is 38.8 Å². The van der Waals surface area contributed by atoms with E-state index in [-0.39, 0.29) is 0 Å². The van der Waals surface area contributed by atoms with Crippen molar-refractivity contribution in [3.8, 4) is 0 Å². The van der Waals surface area contributed by atoms with E-state index < -0.39 is 0 Å². The molecule has 3 rings (SSSR count). The third kappa shape index (κ3) is 3.69. The highest BCUT2D eigenvalue weighted by molar-refractivity contribution is 7.80. The number of thiocarbonyl (C=S) groups is 1. The van der Waals surface area contributed by atoms with E-state index in [0.29, 0.717) is 23.9 Å². The maximum absolute atomic E-state index is 6.01. The number of likely N-dealkylation sites (tertiary alicyclic amines) is 1. The summed E-state index contributed by atoms with van der Waals surface area (Å²) in [7, 11) is 0. The fourth-order valence-corrected chi connectivity index (χ4v) is 4.26. The Morgan fingerprint density at radius 1 is 0.960 bits per heavy atom. The van der Waals surface area contributed by atoms with Crippen LogP contribution in [0.2, 0.25) is 0 Å². The van der Waals surface area contributed by atoms with Crippen LogP contribution in [0.1, 0.15) is 49.9 Å². The Hall–Kier alpha value is -1.93. The molecule has 130 valence electrons. The van der Waals surface area contributed by atoms with Gasteiger partial charge in [0.2, 0.25) is 0 Å². The van der Waals surface area contributed by atoms with Gasteiger partial charge >= 0.3 is 0 Å². The highest BCUT2D eigenvalue weighted by Crippen LogP contribution is 2.45. The van der Waals surface area contributed by atoms with Gasteiger partial charge < -0.3 is 4.90 Å². The van der Waals surface area contributed by atoms with E-state index in [0.717, 1.165) is 17.8 Å². The molecule has 25 heavy (non-hydrogen) atoms. The van der Waals surface area contributed by atoms with Crippen molar-refractivity contribution < 1.29 is 0 Å². The fraction of sp³-hybridized carbons (Fsp3) is 0.348. The van der Waals surface area contributed by atoms with Gasteiger partial charge in [-0.3, -0.25) is 0 Å². The predicted molar refractivity (Wildman–Crippen MR) is 111 cm³/mol. The van der Waals surface area contributed by atoms with Crippen LogP contribution in [0.5, 0.6) is 0 Å². The summed E-state index contributed by atoms with van der Waals surface area (Å²) in [6.07, 6.45) is 4.29. The van der Waals surface area contributed by atoms with Gasteiger partial charge in [0.1, 0.15) is 0 Å². The highest BCUT2D eigenvalue weighted by Gasteiger charge is 2.38. The quantitative estimate of drug-likeness (QED) is 0.457. The summed E-state index contributed by atoms with van der Waals surface area (Å²) in [5.41, 5.74) is 2.73. The molecule has 0 amide bonds. The monoisotopic (exact) mass is 349 g/mol. The van der Waals surface area contributed by atoms with Crippen LogP contribution in [-0.4, -0.2) is 9.89 Å². The second-order valence-corrected chi connectivity index (χ2v) is 7.48. The van der Waals surface area contributed by atoms with Crippen molar-refractivity contribution in [2.75, 3.05) is 0 Å². The largest absolute Gasteiger partial charge is 0.352 e. The molecule has 2 aromatic rings. The minimum Gasteiger partial charge on any atom is -0.352 e. The molecular formula is C23H27NS. The Kier molecular flexibility index (Phi) is 5.70. The zero-order valence-electron chi connectivity index (χ0n) is 15.1. The van der Waals surface area contributed by atoms with Gasteiger partial charge in [-0.15, -0.1) is 6.58 Å². The minimum atomic E-state index is 0.308. The first kappa shape index (κ1) is 17.9. The summed E-state index contributed by atoms with van der Waals surface area (Å²) in [4.78, 5) is 3.57. The molecule has 1 heterocycles. The van der Waals surface area contributed by atoms with E-state index in [4.69, 9.17) is 12.2 Å². The molecule has 2 aromatic carbocycles. The highest BCUT2D eigenvalue weighted by atomic mass is 32.1. The van der Waals surface area contributed by atoms with E-state index in [1.54, 1.807) is 0 Å². The molecule has 2 heteroatoms. The zero-order valence-corrected chi connectivity index (χ0v) is 16.0. The summed E-state index contributed by atoms with van der Waals surface area (Å²) in [5, 5.41) is 0. The predicted octanol–water partition coefficient (Wildman–Crippen LogP) is 6.35. The Morgan fingerprint density at radius 2 is 1.40 bits per heavy atom. The van der Waals surface area contributed by atoms with Gasteiger partial charge in [-0.2, -0.15) is 0 Å². The molecule has 0 spiro atoms. The van der Waals surface area contributed by atoms with Gasteiger partial charge in [0.25, 0.3) is 0 Å².